The molecule has 0 saturated heterocycles. The summed E-state index contributed by atoms with van der Waals surface area (Å²) in [7, 11) is -3.32. The molecule has 0 atom stereocenters. The molecule has 1 heterocycles. The number of hydrogen-bond acceptors (Lipinski definition) is 3. The molecule has 0 aliphatic carbocycles. The van der Waals surface area contributed by atoms with Crippen LogP contribution in [0.3, 0.4) is 0 Å². The van der Waals surface area contributed by atoms with E-state index in [4.69, 9.17) is 11.6 Å². The van der Waals surface area contributed by atoms with Crippen LogP contribution in [0.2, 0.25) is 5.15 Å². The fourth-order valence-electron chi connectivity index (χ4n) is 0.821. The molecule has 1 aromatic rings. The Bertz CT molecular complexity index is 435. The van der Waals surface area contributed by atoms with Crippen LogP contribution in [0, 0.1) is 6.92 Å². The van der Waals surface area contributed by atoms with E-state index >= 15 is 0 Å². The van der Waals surface area contributed by atoms with Gasteiger partial charge in [0.1, 0.15) is 9.82 Å². The van der Waals surface area contributed by atoms with E-state index in [2.05, 4.69) is 25.6 Å². The second kappa shape index (κ2) is 4.46. The van der Waals surface area contributed by atoms with E-state index < -0.39 is 10.0 Å². The minimum Gasteiger partial charge on any atom is -0.281 e. The molecule has 0 spiro atoms. The molecule has 1 rings (SSSR count). The normalized spacial score (nSPS) is 11.4. The molecular formula is C7H8BrClN2O2S. The van der Waals surface area contributed by atoms with Crippen LogP contribution in [0.5, 0.6) is 0 Å². The van der Waals surface area contributed by atoms with E-state index in [0.29, 0.717) is 10.8 Å². The van der Waals surface area contributed by atoms with Crippen molar-refractivity contribution in [3.05, 3.63) is 23.0 Å². The highest BCUT2D eigenvalue weighted by Crippen LogP contribution is 2.17. The van der Waals surface area contributed by atoms with Gasteiger partial charge in [0, 0.05) is 0 Å². The Balaban J connectivity index is 2.94. The van der Waals surface area contributed by atoms with E-state index in [1.165, 1.54) is 6.20 Å². The van der Waals surface area contributed by atoms with Gasteiger partial charge >= 0.3 is 0 Å². The summed E-state index contributed by atoms with van der Waals surface area (Å²) in [5, 5.41) is 0.367. The predicted molar refractivity (Wildman–Crippen MR) is 60.3 cm³/mol. The molecule has 0 bridgehead atoms. The minimum absolute atomic E-state index is 0.151. The summed E-state index contributed by atoms with van der Waals surface area (Å²) in [6.45, 7) is 1.75. The first-order valence-electron chi connectivity index (χ1n) is 3.63. The fraction of sp³-hybridized carbons (Fsp3) is 0.286. The number of nitrogens with one attached hydrogen (secondary N) is 1. The second-order valence-electron chi connectivity index (χ2n) is 2.66. The van der Waals surface area contributed by atoms with Crippen molar-refractivity contribution in [2.24, 2.45) is 0 Å². The van der Waals surface area contributed by atoms with Crippen molar-refractivity contribution in [3.8, 4) is 0 Å². The topological polar surface area (TPSA) is 59.1 Å². The lowest BCUT2D eigenvalue weighted by molar-refractivity contribution is 0.606. The largest absolute Gasteiger partial charge is 0.281 e. The SMILES string of the molecule is Cc1cc(NS(=O)(=O)CBr)cnc1Cl. The number of sulfonamides is 1. The highest BCUT2D eigenvalue weighted by atomic mass is 79.9. The third-order valence-corrected chi connectivity index (χ3v) is 4.47. The number of hydrogen-bond donors (Lipinski definition) is 1. The van der Waals surface area contributed by atoms with E-state index in [1.807, 2.05) is 0 Å². The molecule has 0 unspecified atom stereocenters. The first kappa shape index (κ1) is 11.7. The highest BCUT2D eigenvalue weighted by molar-refractivity contribution is 9.10. The molecule has 14 heavy (non-hydrogen) atoms. The standard InChI is InChI=1S/C7H8BrClN2O2S/c1-5-2-6(3-10-7(5)9)11-14(12,13)4-8/h2-3,11H,4H2,1H3. The summed E-state index contributed by atoms with van der Waals surface area (Å²) in [4.78, 5) is 3.82. The lowest BCUT2D eigenvalue weighted by atomic mass is 10.3. The predicted octanol–water partition coefficient (Wildman–Crippen LogP) is 2.14. The number of rotatable bonds is 3. The van der Waals surface area contributed by atoms with Crippen LogP contribution >= 0.6 is 27.5 Å². The van der Waals surface area contributed by atoms with Crippen LogP contribution in [0.15, 0.2) is 12.3 Å². The maximum absolute atomic E-state index is 11.1. The Morgan fingerprint density at radius 1 is 1.64 bits per heavy atom. The number of pyridine rings is 1. The molecule has 0 radical (unpaired) electrons. The van der Waals surface area contributed by atoms with Gasteiger partial charge < -0.3 is 0 Å². The van der Waals surface area contributed by atoms with E-state index in [9.17, 15) is 8.42 Å². The summed E-state index contributed by atoms with van der Waals surface area (Å²) >= 11 is 8.55. The fourth-order valence-corrected chi connectivity index (χ4v) is 1.79. The van der Waals surface area contributed by atoms with Gasteiger partial charge in [-0.1, -0.05) is 27.5 Å². The zero-order valence-corrected chi connectivity index (χ0v) is 10.4. The number of halogens is 2. The summed E-state index contributed by atoms with van der Waals surface area (Å²) in [5.74, 6) is 0. The highest BCUT2D eigenvalue weighted by Gasteiger charge is 2.08. The van der Waals surface area contributed by atoms with Gasteiger partial charge in [-0.15, -0.1) is 0 Å². The monoisotopic (exact) mass is 298 g/mol. The maximum Gasteiger partial charge on any atom is 0.242 e. The number of nitrogens with zero attached hydrogens (tertiary/aromatic N) is 1. The van der Waals surface area contributed by atoms with Crippen LogP contribution < -0.4 is 4.72 Å². The number of aryl methyl sites for hydroxylation is 1. The number of anilines is 1. The molecule has 0 saturated carbocycles. The van der Waals surface area contributed by atoms with Gasteiger partial charge in [-0.25, -0.2) is 13.4 Å². The van der Waals surface area contributed by atoms with Crippen LogP contribution in [0.4, 0.5) is 5.69 Å². The van der Waals surface area contributed by atoms with Gasteiger partial charge in [0.2, 0.25) is 10.0 Å². The Hall–Kier alpha value is -0.330. The smallest absolute Gasteiger partial charge is 0.242 e. The molecule has 0 aliphatic rings. The Kier molecular flexibility index (Phi) is 3.74. The first-order chi connectivity index (χ1) is 6.44. The van der Waals surface area contributed by atoms with E-state index in [0.717, 1.165) is 5.56 Å². The van der Waals surface area contributed by atoms with Crippen LogP contribution in [0.1, 0.15) is 5.56 Å². The number of aromatic nitrogens is 1. The minimum atomic E-state index is -3.32. The average molecular weight is 300 g/mol. The number of alkyl halides is 1. The Labute approximate surface area is 95.9 Å². The second-order valence-corrected chi connectivity index (χ2v) is 6.04. The van der Waals surface area contributed by atoms with E-state index in [-0.39, 0.29) is 4.66 Å². The van der Waals surface area contributed by atoms with Crippen LogP contribution in [0.25, 0.3) is 0 Å². The molecule has 0 aliphatic heterocycles. The maximum atomic E-state index is 11.1. The molecule has 0 amide bonds. The summed E-state index contributed by atoms with van der Waals surface area (Å²) in [5.41, 5.74) is 1.13. The third-order valence-electron chi connectivity index (χ3n) is 1.43. The van der Waals surface area contributed by atoms with Crippen molar-refractivity contribution >= 4 is 43.2 Å². The quantitative estimate of drug-likeness (QED) is 0.687. The van der Waals surface area contributed by atoms with Crippen molar-refractivity contribution < 1.29 is 8.42 Å². The molecule has 1 aromatic heterocycles. The zero-order valence-electron chi connectivity index (χ0n) is 7.29. The van der Waals surface area contributed by atoms with Crippen molar-refractivity contribution in [1.29, 1.82) is 0 Å². The van der Waals surface area contributed by atoms with Crippen molar-refractivity contribution in [1.82, 2.24) is 4.98 Å². The van der Waals surface area contributed by atoms with Crippen molar-refractivity contribution in [3.63, 3.8) is 0 Å². The average Bonchev–Trinajstić information content (AvgIpc) is 2.11. The van der Waals surface area contributed by atoms with Crippen LogP contribution in [-0.2, 0) is 10.0 Å². The van der Waals surface area contributed by atoms with E-state index in [1.54, 1.807) is 13.0 Å². The summed E-state index contributed by atoms with van der Waals surface area (Å²) < 4.78 is 24.5. The third kappa shape index (κ3) is 3.11. The Morgan fingerprint density at radius 2 is 2.29 bits per heavy atom. The molecular weight excluding hydrogens is 292 g/mol. The van der Waals surface area contributed by atoms with Gasteiger partial charge in [-0.3, -0.25) is 4.72 Å². The molecule has 78 valence electrons. The first-order valence-corrected chi connectivity index (χ1v) is 6.78. The van der Waals surface area contributed by atoms with Crippen LogP contribution in [-0.4, -0.2) is 18.1 Å². The lowest BCUT2D eigenvalue weighted by Crippen LogP contribution is -2.13. The summed E-state index contributed by atoms with van der Waals surface area (Å²) in [6.07, 6.45) is 1.37. The van der Waals surface area contributed by atoms with Crippen molar-refractivity contribution in [2.45, 2.75) is 6.92 Å². The van der Waals surface area contributed by atoms with Crippen molar-refractivity contribution in [2.75, 3.05) is 9.38 Å². The molecule has 0 aromatic carbocycles. The molecule has 1 N–H and O–H groups in total. The van der Waals surface area contributed by atoms with Gasteiger partial charge in [-0.05, 0) is 18.6 Å². The van der Waals surface area contributed by atoms with Gasteiger partial charge in [-0.2, -0.15) is 0 Å². The Morgan fingerprint density at radius 3 is 2.79 bits per heavy atom. The zero-order chi connectivity index (χ0) is 10.8. The molecule has 4 nitrogen and oxygen atoms in total. The van der Waals surface area contributed by atoms with Gasteiger partial charge in [0.05, 0.1) is 11.9 Å². The lowest BCUT2D eigenvalue weighted by Gasteiger charge is -2.05. The molecule has 7 heteroatoms. The van der Waals surface area contributed by atoms with Gasteiger partial charge in [0.25, 0.3) is 0 Å². The summed E-state index contributed by atoms with van der Waals surface area (Å²) in [6, 6.07) is 1.62. The molecule has 0 fully saturated rings. The van der Waals surface area contributed by atoms with Gasteiger partial charge in [0.15, 0.2) is 0 Å².